The molecule has 0 spiro atoms. The van der Waals surface area contributed by atoms with Crippen LogP contribution in [0.2, 0.25) is 0 Å². The van der Waals surface area contributed by atoms with E-state index in [2.05, 4.69) is 16.0 Å². The highest BCUT2D eigenvalue weighted by Gasteiger charge is 2.09. The van der Waals surface area contributed by atoms with Gasteiger partial charge in [0.25, 0.3) is 0 Å². The monoisotopic (exact) mass is 258 g/mol. The molecule has 0 aliphatic carbocycles. The van der Waals surface area contributed by atoms with E-state index in [1.54, 1.807) is 12.3 Å². The summed E-state index contributed by atoms with van der Waals surface area (Å²) in [6.07, 6.45) is 1.63. The summed E-state index contributed by atoms with van der Waals surface area (Å²) in [5.74, 6) is 0.445. The quantitative estimate of drug-likeness (QED) is 0.780. The van der Waals surface area contributed by atoms with Crippen molar-refractivity contribution in [1.29, 1.82) is 5.26 Å². The molecule has 0 saturated heterocycles. The maximum Gasteiger partial charge on any atom is 0.123 e. The van der Waals surface area contributed by atoms with Crippen molar-refractivity contribution in [2.45, 2.75) is 41.5 Å². The SMILES string of the molecule is CC.CC.Cc1nc(C)c2cc(N)ncc2c1C#N. The molecule has 2 N–H and O–H groups in total. The van der Waals surface area contributed by atoms with E-state index in [9.17, 15) is 0 Å². The van der Waals surface area contributed by atoms with Gasteiger partial charge in [-0.2, -0.15) is 5.26 Å². The van der Waals surface area contributed by atoms with Gasteiger partial charge in [0, 0.05) is 22.7 Å². The van der Waals surface area contributed by atoms with Crippen LogP contribution in [0.3, 0.4) is 0 Å². The third kappa shape index (κ3) is 3.65. The fourth-order valence-electron chi connectivity index (χ4n) is 1.67. The fraction of sp³-hybridized carbons (Fsp3) is 0.400. The van der Waals surface area contributed by atoms with E-state index in [1.165, 1.54) is 0 Å². The number of aromatic nitrogens is 2. The lowest BCUT2D eigenvalue weighted by atomic mass is 10.1. The van der Waals surface area contributed by atoms with Gasteiger partial charge in [0.2, 0.25) is 0 Å². The first-order valence-electron chi connectivity index (χ1n) is 6.56. The number of fused-ring (bicyclic) bond motifs is 1. The molecule has 2 rings (SSSR count). The number of hydrogen-bond donors (Lipinski definition) is 1. The minimum absolute atomic E-state index is 0.445. The summed E-state index contributed by atoms with van der Waals surface area (Å²) in [5, 5.41) is 10.7. The van der Waals surface area contributed by atoms with Crippen molar-refractivity contribution in [3.05, 3.63) is 29.2 Å². The topological polar surface area (TPSA) is 75.6 Å². The van der Waals surface area contributed by atoms with Crippen LogP contribution in [0.15, 0.2) is 12.3 Å². The second-order valence-electron chi connectivity index (χ2n) is 3.42. The highest BCUT2D eigenvalue weighted by Crippen LogP contribution is 2.23. The van der Waals surface area contributed by atoms with E-state index in [4.69, 9.17) is 11.0 Å². The molecular formula is C15H22N4. The van der Waals surface area contributed by atoms with Crippen LogP contribution in [0.1, 0.15) is 44.6 Å². The summed E-state index contributed by atoms with van der Waals surface area (Å²) >= 11 is 0. The van der Waals surface area contributed by atoms with E-state index in [-0.39, 0.29) is 0 Å². The predicted molar refractivity (Wildman–Crippen MR) is 80.8 cm³/mol. The third-order valence-electron chi connectivity index (χ3n) is 2.39. The number of anilines is 1. The maximum absolute atomic E-state index is 9.03. The number of nitrogens with zero attached hydrogens (tertiary/aromatic N) is 3. The molecule has 0 bridgehead atoms. The number of rotatable bonds is 0. The van der Waals surface area contributed by atoms with E-state index in [0.29, 0.717) is 11.4 Å². The molecule has 4 nitrogen and oxygen atoms in total. The average molecular weight is 258 g/mol. The summed E-state index contributed by atoms with van der Waals surface area (Å²) in [6, 6.07) is 3.89. The lowest BCUT2D eigenvalue weighted by molar-refractivity contribution is 1.13. The predicted octanol–water partition coefficient (Wildman–Crippen LogP) is 3.75. The van der Waals surface area contributed by atoms with Gasteiger partial charge in [-0.1, -0.05) is 27.7 Å². The Labute approximate surface area is 115 Å². The highest BCUT2D eigenvalue weighted by molar-refractivity contribution is 5.90. The van der Waals surface area contributed by atoms with Crippen LogP contribution in [-0.4, -0.2) is 9.97 Å². The van der Waals surface area contributed by atoms with E-state index in [0.717, 1.165) is 22.2 Å². The fourth-order valence-corrected chi connectivity index (χ4v) is 1.67. The molecule has 2 heterocycles. The van der Waals surface area contributed by atoms with E-state index in [1.807, 2.05) is 41.5 Å². The molecule has 19 heavy (non-hydrogen) atoms. The average Bonchev–Trinajstić information content (AvgIpc) is 2.44. The minimum Gasteiger partial charge on any atom is -0.384 e. The van der Waals surface area contributed by atoms with Gasteiger partial charge in [-0.3, -0.25) is 4.98 Å². The van der Waals surface area contributed by atoms with Crippen LogP contribution in [0.25, 0.3) is 10.8 Å². The van der Waals surface area contributed by atoms with Crippen molar-refractivity contribution < 1.29 is 0 Å². The van der Waals surface area contributed by atoms with Gasteiger partial charge < -0.3 is 5.73 Å². The molecule has 0 aliphatic rings. The molecule has 0 fully saturated rings. The first-order valence-corrected chi connectivity index (χ1v) is 6.56. The van der Waals surface area contributed by atoms with Gasteiger partial charge in [-0.05, 0) is 19.9 Å². The standard InChI is InChI=1S/C11H10N4.2C2H6/c1-6-8-3-11(13)14-5-10(8)9(4-12)7(2)15-6;2*1-2/h3,5H,1-2H3,(H2,13,14);2*1-2H3. The molecule has 102 valence electrons. The van der Waals surface area contributed by atoms with Crippen molar-refractivity contribution in [2.75, 3.05) is 5.73 Å². The molecule has 0 saturated carbocycles. The molecule has 0 aliphatic heterocycles. The highest BCUT2D eigenvalue weighted by atomic mass is 14.8. The Balaban J connectivity index is 0.000000741. The van der Waals surface area contributed by atoms with Crippen molar-refractivity contribution in [3.8, 4) is 6.07 Å². The Hall–Kier alpha value is -2.15. The summed E-state index contributed by atoms with van der Waals surface area (Å²) in [5.41, 5.74) is 7.77. The zero-order valence-electron chi connectivity index (χ0n) is 12.6. The second kappa shape index (κ2) is 8.04. The molecule has 0 amide bonds. The van der Waals surface area contributed by atoms with E-state index < -0.39 is 0 Å². The van der Waals surface area contributed by atoms with Crippen LogP contribution >= 0.6 is 0 Å². The summed E-state index contributed by atoms with van der Waals surface area (Å²) in [7, 11) is 0. The second-order valence-corrected chi connectivity index (χ2v) is 3.42. The largest absolute Gasteiger partial charge is 0.384 e. The molecule has 0 atom stereocenters. The van der Waals surface area contributed by atoms with Crippen LogP contribution in [-0.2, 0) is 0 Å². The molecule has 2 aromatic rings. The minimum atomic E-state index is 0.445. The Morgan fingerprint density at radius 2 is 1.63 bits per heavy atom. The maximum atomic E-state index is 9.03. The number of hydrogen-bond acceptors (Lipinski definition) is 4. The smallest absolute Gasteiger partial charge is 0.123 e. The Bertz CT molecular complexity index is 583. The molecule has 2 aromatic heterocycles. The van der Waals surface area contributed by atoms with Crippen LogP contribution in [0.4, 0.5) is 5.82 Å². The van der Waals surface area contributed by atoms with Crippen molar-refractivity contribution in [3.63, 3.8) is 0 Å². The van der Waals surface area contributed by atoms with E-state index >= 15 is 0 Å². The summed E-state index contributed by atoms with van der Waals surface area (Å²) in [4.78, 5) is 8.30. The Morgan fingerprint density at radius 1 is 1.05 bits per heavy atom. The van der Waals surface area contributed by atoms with Gasteiger partial charge in [0.15, 0.2) is 0 Å². The molecular weight excluding hydrogens is 236 g/mol. The van der Waals surface area contributed by atoms with Crippen LogP contribution < -0.4 is 5.73 Å². The van der Waals surface area contributed by atoms with Crippen molar-refractivity contribution in [2.24, 2.45) is 0 Å². The van der Waals surface area contributed by atoms with Crippen molar-refractivity contribution in [1.82, 2.24) is 9.97 Å². The number of nitrogens with two attached hydrogens (primary N) is 1. The molecule has 4 heteroatoms. The molecule has 0 aromatic carbocycles. The van der Waals surface area contributed by atoms with Gasteiger partial charge in [-0.25, -0.2) is 4.98 Å². The van der Waals surface area contributed by atoms with Crippen LogP contribution in [0, 0.1) is 25.2 Å². The zero-order chi connectivity index (χ0) is 15.0. The number of nitrogen functional groups attached to an aromatic ring is 1. The van der Waals surface area contributed by atoms with Crippen LogP contribution in [0.5, 0.6) is 0 Å². The first kappa shape index (κ1) is 16.9. The van der Waals surface area contributed by atoms with Gasteiger partial charge in [-0.15, -0.1) is 0 Å². The number of nitriles is 1. The molecule has 0 radical (unpaired) electrons. The number of pyridine rings is 2. The first-order chi connectivity index (χ1) is 9.13. The third-order valence-corrected chi connectivity index (χ3v) is 2.39. The normalized spacial score (nSPS) is 8.68. The lowest BCUT2D eigenvalue weighted by Gasteiger charge is -2.06. The lowest BCUT2D eigenvalue weighted by Crippen LogP contribution is -1.97. The Morgan fingerprint density at radius 3 is 2.16 bits per heavy atom. The van der Waals surface area contributed by atoms with Gasteiger partial charge in [0.1, 0.15) is 11.9 Å². The summed E-state index contributed by atoms with van der Waals surface area (Å²) in [6.45, 7) is 11.7. The summed E-state index contributed by atoms with van der Waals surface area (Å²) < 4.78 is 0. The van der Waals surface area contributed by atoms with Gasteiger partial charge >= 0.3 is 0 Å². The zero-order valence-corrected chi connectivity index (χ0v) is 12.6. The Kier molecular flexibility index (Phi) is 7.13. The van der Waals surface area contributed by atoms with Gasteiger partial charge in [0.05, 0.1) is 11.3 Å². The van der Waals surface area contributed by atoms with Crippen molar-refractivity contribution >= 4 is 16.6 Å². The molecule has 0 unspecified atom stereocenters. The number of aryl methyl sites for hydroxylation is 2.